The molecule has 0 radical (unpaired) electrons. The van der Waals surface area contributed by atoms with Crippen molar-refractivity contribution in [3.63, 3.8) is 0 Å². The second-order valence-electron chi connectivity index (χ2n) is 5.54. The third kappa shape index (κ3) is 3.57. The van der Waals surface area contributed by atoms with Crippen LogP contribution in [0.1, 0.15) is 42.5 Å². The molecule has 1 N–H and O–H groups in total. The van der Waals surface area contributed by atoms with E-state index in [1.54, 1.807) is 30.5 Å². The SMILES string of the molecule is CC(C)(C)c1ccc(C(=O)N/N=C/c2ccco2)cc1. The lowest BCUT2D eigenvalue weighted by molar-refractivity contribution is 0.0955. The molecule has 0 aliphatic carbocycles. The van der Waals surface area contributed by atoms with Gasteiger partial charge < -0.3 is 4.42 Å². The topological polar surface area (TPSA) is 54.6 Å². The van der Waals surface area contributed by atoms with E-state index in [9.17, 15) is 4.79 Å². The number of furan rings is 1. The lowest BCUT2D eigenvalue weighted by Crippen LogP contribution is -2.18. The van der Waals surface area contributed by atoms with Gasteiger partial charge in [-0.2, -0.15) is 5.10 Å². The minimum Gasteiger partial charge on any atom is -0.463 e. The Bertz CT molecular complexity index is 590. The fourth-order valence-corrected chi connectivity index (χ4v) is 1.71. The summed E-state index contributed by atoms with van der Waals surface area (Å²) in [5, 5.41) is 3.84. The van der Waals surface area contributed by atoms with Gasteiger partial charge in [0.05, 0.1) is 12.5 Å². The number of hydrogen-bond acceptors (Lipinski definition) is 3. The molecule has 0 saturated carbocycles. The molecule has 0 aliphatic rings. The summed E-state index contributed by atoms with van der Waals surface area (Å²) in [5.41, 5.74) is 4.31. The van der Waals surface area contributed by atoms with Crippen molar-refractivity contribution in [1.82, 2.24) is 5.43 Å². The number of nitrogens with zero attached hydrogens (tertiary/aromatic N) is 1. The predicted octanol–water partition coefficient (Wildman–Crippen LogP) is 3.34. The Hall–Kier alpha value is -2.36. The lowest BCUT2D eigenvalue weighted by atomic mass is 9.87. The van der Waals surface area contributed by atoms with Crippen LogP contribution >= 0.6 is 0 Å². The highest BCUT2D eigenvalue weighted by Gasteiger charge is 2.14. The van der Waals surface area contributed by atoms with Gasteiger partial charge in [-0.3, -0.25) is 4.79 Å². The summed E-state index contributed by atoms with van der Waals surface area (Å²) < 4.78 is 5.07. The van der Waals surface area contributed by atoms with Crippen molar-refractivity contribution < 1.29 is 9.21 Å². The molecule has 0 bridgehead atoms. The van der Waals surface area contributed by atoms with E-state index in [0.717, 1.165) is 0 Å². The fraction of sp³-hybridized carbons (Fsp3) is 0.250. The molecular formula is C16H18N2O2. The zero-order valence-corrected chi connectivity index (χ0v) is 11.9. The summed E-state index contributed by atoms with van der Waals surface area (Å²) in [6.45, 7) is 6.40. The Morgan fingerprint density at radius 1 is 1.20 bits per heavy atom. The van der Waals surface area contributed by atoms with Crippen LogP contribution in [0.4, 0.5) is 0 Å². The van der Waals surface area contributed by atoms with Crippen LogP contribution in [0, 0.1) is 0 Å². The van der Waals surface area contributed by atoms with Gasteiger partial charge in [0.2, 0.25) is 0 Å². The molecule has 0 aliphatic heterocycles. The van der Waals surface area contributed by atoms with E-state index < -0.39 is 0 Å². The number of carbonyl (C=O) groups is 1. The van der Waals surface area contributed by atoms with E-state index in [4.69, 9.17) is 4.42 Å². The maximum absolute atomic E-state index is 11.9. The highest BCUT2D eigenvalue weighted by molar-refractivity contribution is 5.94. The van der Waals surface area contributed by atoms with E-state index in [2.05, 4.69) is 31.3 Å². The molecule has 2 rings (SSSR count). The molecule has 0 fully saturated rings. The Labute approximate surface area is 118 Å². The molecule has 0 unspecified atom stereocenters. The minimum atomic E-state index is -0.242. The zero-order chi connectivity index (χ0) is 14.6. The average Bonchev–Trinajstić information content (AvgIpc) is 2.91. The first-order valence-corrected chi connectivity index (χ1v) is 6.44. The summed E-state index contributed by atoms with van der Waals surface area (Å²) in [6, 6.07) is 11.1. The van der Waals surface area contributed by atoms with E-state index in [0.29, 0.717) is 11.3 Å². The van der Waals surface area contributed by atoms with Crippen molar-refractivity contribution in [3.05, 3.63) is 59.5 Å². The summed E-state index contributed by atoms with van der Waals surface area (Å²) in [7, 11) is 0. The number of hydrogen-bond donors (Lipinski definition) is 1. The molecule has 1 aromatic heterocycles. The molecule has 2 aromatic rings. The third-order valence-corrected chi connectivity index (χ3v) is 2.91. The van der Waals surface area contributed by atoms with Gasteiger partial charge in [-0.25, -0.2) is 5.43 Å². The first kappa shape index (κ1) is 14.1. The average molecular weight is 270 g/mol. The van der Waals surface area contributed by atoms with Gasteiger partial charge in [-0.15, -0.1) is 0 Å². The van der Waals surface area contributed by atoms with Crippen molar-refractivity contribution in [2.75, 3.05) is 0 Å². The van der Waals surface area contributed by atoms with Gasteiger partial charge in [0.1, 0.15) is 5.76 Å². The Morgan fingerprint density at radius 2 is 1.90 bits per heavy atom. The summed E-state index contributed by atoms with van der Waals surface area (Å²) in [6.07, 6.45) is 3.01. The van der Waals surface area contributed by atoms with Crippen molar-refractivity contribution in [2.45, 2.75) is 26.2 Å². The van der Waals surface area contributed by atoms with E-state index >= 15 is 0 Å². The van der Waals surface area contributed by atoms with Crippen molar-refractivity contribution in [1.29, 1.82) is 0 Å². The molecule has 1 aromatic carbocycles. The smallest absolute Gasteiger partial charge is 0.271 e. The molecule has 0 saturated heterocycles. The van der Waals surface area contributed by atoms with Gasteiger partial charge >= 0.3 is 0 Å². The van der Waals surface area contributed by atoms with Crippen LogP contribution in [0.3, 0.4) is 0 Å². The van der Waals surface area contributed by atoms with Crippen molar-refractivity contribution in [2.24, 2.45) is 5.10 Å². The van der Waals surface area contributed by atoms with Crippen LogP contribution in [0.15, 0.2) is 52.2 Å². The van der Waals surface area contributed by atoms with Gasteiger partial charge in [-0.05, 0) is 35.2 Å². The highest BCUT2D eigenvalue weighted by atomic mass is 16.3. The van der Waals surface area contributed by atoms with Crippen LogP contribution in [0.2, 0.25) is 0 Å². The van der Waals surface area contributed by atoms with Gasteiger partial charge in [0, 0.05) is 5.56 Å². The normalized spacial score (nSPS) is 11.8. The highest BCUT2D eigenvalue weighted by Crippen LogP contribution is 2.22. The minimum absolute atomic E-state index is 0.0758. The second-order valence-corrected chi connectivity index (χ2v) is 5.54. The predicted molar refractivity (Wildman–Crippen MR) is 78.9 cm³/mol. The molecule has 0 spiro atoms. The van der Waals surface area contributed by atoms with Crippen LogP contribution < -0.4 is 5.43 Å². The van der Waals surface area contributed by atoms with Gasteiger partial charge in [0.25, 0.3) is 5.91 Å². The maximum Gasteiger partial charge on any atom is 0.271 e. The van der Waals surface area contributed by atoms with Crippen molar-refractivity contribution in [3.8, 4) is 0 Å². The van der Waals surface area contributed by atoms with Crippen molar-refractivity contribution >= 4 is 12.1 Å². The van der Waals surface area contributed by atoms with E-state index in [1.165, 1.54) is 11.8 Å². The third-order valence-electron chi connectivity index (χ3n) is 2.91. The Morgan fingerprint density at radius 3 is 2.45 bits per heavy atom. The van der Waals surface area contributed by atoms with Crippen LogP contribution in [0.5, 0.6) is 0 Å². The first-order chi connectivity index (χ1) is 9.47. The molecule has 4 nitrogen and oxygen atoms in total. The monoisotopic (exact) mass is 270 g/mol. The standard InChI is InChI=1S/C16H18N2O2/c1-16(2,3)13-8-6-12(7-9-13)15(19)18-17-11-14-5-4-10-20-14/h4-11H,1-3H3,(H,18,19)/b17-11+. The molecule has 0 atom stereocenters. The summed E-state index contributed by atoms with van der Waals surface area (Å²) in [5.74, 6) is 0.349. The number of rotatable bonds is 3. The largest absolute Gasteiger partial charge is 0.463 e. The Kier molecular flexibility index (Phi) is 4.03. The molecular weight excluding hydrogens is 252 g/mol. The molecule has 20 heavy (non-hydrogen) atoms. The lowest BCUT2D eigenvalue weighted by Gasteiger charge is -2.18. The second kappa shape index (κ2) is 5.74. The summed E-state index contributed by atoms with van der Waals surface area (Å²) >= 11 is 0. The van der Waals surface area contributed by atoms with Gasteiger partial charge in [0.15, 0.2) is 0 Å². The molecule has 1 amide bonds. The number of hydrazone groups is 1. The first-order valence-electron chi connectivity index (χ1n) is 6.44. The van der Waals surface area contributed by atoms with Gasteiger partial charge in [-0.1, -0.05) is 32.9 Å². The zero-order valence-electron chi connectivity index (χ0n) is 11.9. The molecule has 4 heteroatoms. The summed E-state index contributed by atoms with van der Waals surface area (Å²) in [4.78, 5) is 11.9. The van der Waals surface area contributed by atoms with Crippen LogP contribution in [-0.2, 0) is 5.41 Å². The van der Waals surface area contributed by atoms with Crippen LogP contribution in [0.25, 0.3) is 0 Å². The Balaban J connectivity index is 1.99. The number of amides is 1. The fourth-order valence-electron chi connectivity index (χ4n) is 1.71. The van der Waals surface area contributed by atoms with E-state index in [1.807, 2.05) is 12.1 Å². The molecule has 104 valence electrons. The number of benzene rings is 1. The maximum atomic E-state index is 11.9. The van der Waals surface area contributed by atoms with E-state index in [-0.39, 0.29) is 11.3 Å². The quantitative estimate of drug-likeness (QED) is 0.687. The number of carbonyl (C=O) groups excluding carboxylic acids is 1. The molecule has 1 heterocycles. The number of nitrogens with one attached hydrogen (secondary N) is 1. The van der Waals surface area contributed by atoms with Crippen LogP contribution in [-0.4, -0.2) is 12.1 Å².